The number of nitrogens with two attached hydrogens (primary N) is 1. The summed E-state index contributed by atoms with van der Waals surface area (Å²) >= 11 is 0. The molecular formula is C18H19N. The molecule has 1 aromatic carbocycles. The van der Waals surface area contributed by atoms with Crippen LogP contribution in [0.3, 0.4) is 0 Å². The number of benzene rings is 1. The van der Waals surface area contributed by atoms with Crippen LogP contribution in [0, 0.1) is 6.92 Å². The molecule has 1 nitrogen and oxygen atoms in total. The van der Waals surface area contributed by atoms with Crippen LogP contribution in [-0.4, -0.2) is 5.54 Å². The van der Waals surface area contributed by atoms with Crippen molar-refractivity contribution in [1.29, 1.82) is 0 Å². The SMILES string of the molecule is Cc1cccc(C2=CCCC(C3(N)C=CC=C3)=C2)c1. The first kappa shape index (κ1) is 12.2. The van der Waals surface area contributed by atoms with Crippen molar-refractivity contribution in [3.63, 3.8) is 0 Å². The number of rotatable bonds is 2. The topological polar surface area (TPSA) is 26.0 Å². The van der Waals surface area contributed by atoms with Gasteiger partial charge >= 0.3 is 0 Å². The Morgan fingerprint density at radius 2 is 1.95 bits per heavy atom. The van der Waals surface area contributed by atoms with Crippen LogP contribution in [0.2, 0.25) is 0 Å². The number of hydrogen-bond donors (Lipinski definition) is 1. The molecule has 2 N–H and O–H groups in total. The molecule has 0 heterocycles. The van der Waals surface area contributed by atoms with Crippen LogP contribution in [0.1, 0.15) is 24.0 Å². The van der Waals surface area contributed by atoms with E-state index in [2.05, 4.69) is 55.5 Å². The average Bonchev–Trinajstić information content (AvgIpc) is 2.87. The molecule has 0 atom stereocenters. The molecule has 0 amide bonds. The first-order chi connectivity index (χ1) is 9.17. The number of allylic oxidation sites excluding steroid dienone is 5. The van der Waals surface area contributed by atoms with Gasteiger partial charge in [0.15, 0.2) is 0 Å². The molecule has 0 bridgehead atoms. The summed E-state index contributed by atoms with van der Waals surface area (Å²) in [5.74, 6) is 0. The van der Waals surface area contributed by atoms with E-state index in [-0.39, 0.29) is 5.54 Å². The van der Waals surface area contributed by atoms with Gasteiger partial charge in [-0.2, -0.15) is 0 Å². The van der Waals surface area contributed by atoms with E-state index in [0.29, 0.717) is 0 Å². The maximum Gasteiger partial charge on any atom is 0.0751 e. The second-order valence-electron chi connectivity index (χ2n) is 5.39. The van der Waals surface area contributed by atoms with Crippen LogP contribution >= 0.6 is 0 Å². The Morgan fingerprint density at radius 1 is 1.16 bits per heavy atom. The molecule has 3 rings (SSSR count). The van der Waals surface area contributed by atoms with Crippen LogP contribution in [0.15, 0.2) is 66.3 Å². The van der Waals surface area contributed by atoms with Crippen LogP contribution in [0.4, 0.5) is 0 Å². The molecule has 0 aliphatic heterocycles. The summed E-state index contributed by atoms with van der Waals surface area (Å²) in [7, 11) is 0. The highest BCUT2D eigenvalue weighted by atomic mass is 14.7. The molecule has 0 saturated heterocycles. The van der Waals surface area contributed by atoms with E-state index in [0.717, 1.165) is 12.8 Å². The third-order valence-corrected chi connectivity index (χ3v) is 3.87. The Hall–Kier alpha value is -1.86. The van der Waals surface area contributed by atoms with E-state index < -0.39 is 0 Å². The molecule has 0 radical (unpaired) electrons. The van der Waals surface area contributed by atoms with E-state index in [1.807, 2.05) is 12.2 Å². The van der Waals surface area contributed by atoms with Gasteiger partial charge < -0.3 is 5.73 Å². The van der Waals surface area contributed by atoms with E-state index in [1.165, 1.54) is 22.3 Å². The van der Waals surface area contributed by atoms with Gasteiger partial charge in [0, 0.05) is 0 Å². The minimum atomic E-state index is -0.372. The summed E-state index contributed by atoms with van der Waals surface area (Å²) in [5, 5.41) is 0. The van der Waals surface area contributed by atoms with Crippen LogP contribution in [-0.2, 0) is 0 Å². The molecule has 0 saturated carbocycles. The first-order valence-corrected chi connectivity index (χ1v) is 6.82. The van der Waals surface area contributed by atoms with E-state index >= 15 is 0 Å². The van der Waals surface area contributed by atoms with Crippen LogP contribution in [0.25, 0.3) is 5.57 Å². The largest absolute Gasteiger partial charge is 0.315 e. The standard InChI is InChI=1S/C18H19N/c1-14-6-4-7-15(12-14)16-8-5-9-17(13-16)18(19)10-2-3-11-18/h2-4,6-8,10-13H,5,9,19H2,1H3. The van der Waals surface area contributed by atoms with E-state index in [9.17, 15) is 0 Å². The Kier molecular flexibility index (Phi) is 3.00. The highest BCUT2D eigenvalue weighted by Crippen LogP contribution is 2.33. The van der Waals surface area contributed by atoms with Gasteiger partial charge in [0.2, 0.25) is 0 Å². The first-order valence-electron chi connectivity index (χ1n) is 6.82. The molecule has 0 unspecified atom stereocenters. The third-order valence-electron chi connectivity index (χ3n) is 3.87. The molecule has 0 fully saturated rings. The lowest BCUT2D eigenvalue weighted by atomic mass is 9.83. The lowest BCUT2D eigenvalue weighted by Crippen LogP contribution is -2.36. The van der Waals surface area contributed by atoms with Gasteiger partial charge in [-0.3, -0.25) is 0 Å². The summed E-state index contributed by atoms with van der Waals surface area (Å²) in [6.07, 6.45) is 14.9. The highest BCUT2D eigenvalue weighted by molar-refractivity contribution is 5.77. The summed E-state index contributed by atoms with van der Waals surface area (Å²) in [6.45, 7) is 2.13. The molecule has 96 valence electrons. The minimum absolute atomic E-state index is 0.372. The van der Waals surface area contributed by atoms with Crippen molar-refractivity contribution in [2.75, 3.05) is 0 Å². The van der Waals surface area contributed by atoms with Gasteiger partial charge in [0.05, 0.1) is 5.54 Å². The fourth-order valence-electron chi connectivity index (χ4n) is 2.77. The van der Waals surface area contributed by atoms with Gasteiger partial charge in [-0.1, -0.05) is 66.3 Å². The van der Waals surface area contributed by atoms with Crippen LogP contribution < -0.4 is 5.73 Å². The van der Waals surface area contributed by atoms with Crippen molar-refractivity contribution in [1.82, 2.24) is 0 Å². The monoisotopic (exact) mass is 249 g/mol. The van der Waals surface area contributed by atoms with Gasteiger partial charge in [0.25, 0.3) is 0 Å². The van der Waals surface area contributed by atoms with Crippen molar-refractivity contribution in [3.05, 3.63) is 77.4 Å². The molecule has 2 aliphatic carbocycles. The van der Waals surface area contributed by atoms with Gasteiger partial charge in [-0.25, -0.2) is 0 Å². The quantitative estimate of drug-likeness (QED) is 0.844. The normalized spacial score (nSPS) is 20.3. The summed E-state index contributed by atoms with van der Waals surface area (Å²) < 4.78 is 0. The zero-order chi connectivity index (χ0) is 13.3. The summed E-state index contributed by atoms with van der Waals surface area (Å²) in [5.41, 5.74) is 11.2. The Labute approximate surface area is 114 Å². The second kappa shape index (κ2) is 4.67. The predicted octanol–water partition coefficient (Wildman–Crippen LogP) is 3.92. The maximum absolute atomic E-state index is 6.43. The average molecular weight is 249 g/mol. The fraction of sp³-hybridized carbons (Fsp3) is 0.222. The van der Waals surface area contributed by atoms with Gasteiger partial charge in [-0.05, 0) is 36.5 Å². The van der Waals surface area contributed by atoms with Crippen molar-refractivity contribution < 1.29 is 0 Å². The Morgan fingerprint density at radius 3 is 2.68 bits per heavy atom. The smallest absolute Gasteiger partial charge is 0.0751 e. The Bertz CT molecular complexity index is 602. The second-order valence-corrected chi connectivity index (χ2v) is 5.39. The highest BCUT2D eigenvalue weighted by Gasteiger charge is 2.26. The van der Waals surface area contributed by atoms with E-state index in [1.54, 1.807) is 0 Å². The van der Waals surface area contributed by atoms with Crippen molar-refractivity contribution in [2.24, 2.45) is 5.73 Å². The lowest BCUT2D eigenvalue weighted by molar-refractivity contribution is 0.719. The fourth-order valence-corrected chi connectivity index (χ4v) is 2.77. The Balaban J connectivity index is 1.96. The molecule has 0 spiro atoms. The zero-order valence-corrected chi connectivity index (χ0v) is 11.3. The van der Waals surface area contributed by atoms with Gasteiger partial charge in [0.1, 0.15) is 0 Å². The van der Waals surface area contributed by atoms with Crippen LogP contribution in [0.5, 0.6) is 0 Å². The van der Waals surface area contributed by atoms with Crippen molar-refractivity contribution in [2.45, 2.75) is 25.3 Å². The third kappa shape index (κ3) is 2.34. The molecular weight excluding hydrogens is 230 g/mol. The number of hydrogen-bond acceptors (Lipinski definition) is 1. The zero-order valence-electron chi connectivity index (χ0n) is 11.3. The van der Waals surface area contributed by atoms with Crippen molar-refractivity contribution >= 4 is 5.57 Å². The minimum Gasteiger partial charge on any atom is -0.315 e. The van der Waals surface area contributed by atoms with E-state index in [4.69, 9.17) is 5.73 Å². The molecule has 1 heteroatoms. The molecule has 1 aromatic rings. The summed E-state index contributed by atoms with van der Waals surface area (Å²) in [4.78, 5) is 0. The van der Waals surface area contributed by atoms with Gasteiger partial charge in [-0.15, -0.1) is 0 Å². The molecule has 19 heavy (non-hydrogen) atoms. The number of aryl methyl sites for hydroxylation is 1. The maximum atomic E-state index is 6.43. The summed E-state index contributed by atoms with van der Waals surface area (Å²) in [6, 6.07) is 8.64. The lowest BCUT2D eigenvalue weighted by Gasteiger charge is -2.26. The molecule has 0 aromatic heterocycles. The predicted molar refractivity (Wildman–Crippen MR) is 81.7 cm³/mol. The van der Waals surface area contributed by atoms with Crippen molar-refractivity contribution in [3.8, 4) is 0 Å². The molecule has 2 aliphatic rings.